The van der Waals surface area contributed by atoms with Gasteiger partial charge >= 0.3 is 0 Å². The van der Waals surface area contributed by atoms with E-state index in [1.165, 1.54) is 0 Å². The van der Waals surface area contributed by atoms with Gasteiger partial charge in [-0.25, -0.2) is 9.97 Å². The van der Waals surface area contributed by atoms with Gasteiger partial charge in [-0.1, -0.05) is 17.7 Å². The summed E-state index contributed by atoms with van der Waals surface area (Å²) < 4.78 is 21.5. The molecule has 162 valence electrons. The Morgan fingerprint density at radius 1 is 1.16 bits per heavy atom. The molecule has 0 saturated carbocycles. The number of hydrogen-bond acceptors (Lipinski definition) is 6. The summed E-state index contributed by atoms with van der Waals surface area (Å²) in [6.07, 6.45) is 0. The Kier molecular flexibility index (Phi) is 4.93. The molecule has 0 unspecified atom stereocenters. The Hall–Kier alpha value is -2.97. The van der Waals surface area contributed by atoms with Crippen LogP contribution in [0.25, 0.3) is 11.0 Å². The maximum Gasteiger partial charge on any atom is 0.269 e. The molecule has 31 heavy (non-hydrogen) atoms. The van der Waals surface area contributed by atoms with Gasteiger partial charge in [-0.2, -0.15) is 0 Å². The highest BCUT2D eigenvalue weighted by Crippen LogP contribution is 2.26. The van der Waals surface area contributed by atoms with Crippen LogP contribution >= 0.6 is 11.6 Å². The van der Waals surface area contributed by atoms with Gasteiger partial charge in [0.1, 0.15) is 11.4 Å². The van der Waals surface area contributed by atoms with Gasteiger partial charge in [-0.3, -0.25) is 14.5 Å². The molecule has 1 aliphatic heterocycles. The fourth-order valence-electron chi connectivity index (χ4n) is 3.84. The Morgan fingerprint density at radius 2 is 1.94 bits per heavy atom. The number of aryl methyl sites for hydroxylation is 2. The molecule has 2 aromatic heterocycles. The molecule has 3 heterocycles. The summed E-state index contributed by atoms with van der Waals surface area (Å²) in [5, 5.41) is 2.47. The lowest BCUT2D eigenvalue weighted by molar-refractivity contribution is 0.0958. The normalized spacial score (nSPS) is 16.6. The monoisotopic (exact) mass is 443 g/mol. The number of anilines is 1. The van der Waals surface area contributed by atoms with Crippen molar-refractivity contribution < 1.29 is 8.91 Å². The van der Waals surface area contributed by atoms with E-state index in [2.05, 4.69) is 24.8 Å². The molecule has 3 aromatic rings. The van der Waals surface area contributed by atoms with E-state index in [4.69, 9.17) is 15.7 Å². The zero-order chi connectivity index (χ0) is 24.6. The molecule has 0 atom stereocenters. The molecular formula is C22H25ClN6O2. The van der Waals surface area contributed by atoms with E-state index < -0.39 is 12.9 Å². The number of aromatic amines is 1. The molecule has 1 fully saturated rings. The number of nitrogens with zero attached hydrogens (tertiary/aromatic N) is 4. The SMILES string of the molecule is [2H]C([2H])([2H])NC(=O)c1ccc(N2CCN(Cc3ccc4nc(C)c(=O)[nH]c4c3Cl)CC2)c(C)n1. The molecule has 1 amide bonds. The number of nitrogens with one attached hydrogen (secondary N) is 2. The van der Waals surface area contributed by atoms with Gasteiger partial charge in [-0.05, 0) is 37.6 Å². The average molecular weight is 444 g/mol. The number of rotatable bonds is 4. The first-order chi connectivity index (χ1) is 16.0. The first-order valence-electron chi connectivity index (χ1n) is 11.5. The molecule has 1 aromatic carbocycles. The van der Waals surface area contributed by atoms with Crippen LogP contribution in [0.1, 0.15) is 31.6 Å². The largest absolute Gasteiger partial charge is 0.368 e. The number of piperazine rings is 1. The minimum atomic E-state index is -2.56. The molecule has 0 bridgehead atoms. The lowest BCUT2D eigenvalue weighted by Gasteiger charge is -2.36. The van der Waals surface area contributed by atoms with E-state index in [1.807, 2.05) is 17.4 Å². The fourth-order valence-corrected chi connectivity index (χ4v) is 4.11. The number of benzene rings is 1. The van der Waals surface area contributed by atoms with Crippen LogP contribution in [-0.4, -0.2) is 58.9 Å². The number of pyridine rings is 1. The van der Waals surface area contributed by atoms with Crippen LogP contribution in [0.3, 0.4) is 0 Å². The summed E-state index contributed by atoms with van der Waals surface area (Å²) in [5.41, 5.74) is 3.95. The van der Waals surface area contributed by atoms with E-state index in [1.54, 1.807) is 26.0 Å². The van der Waals surface area contributed by atoms with Gasteiger partial charge in [0.2, 0.25) is 0 Å². The van der Waals surface area contributed by atoms with Crippen LogP contribution in [0.5, 0.6) is 0 Å². The molecule has 1 saturated heterocycles. The number of carbonyl (C=O) groups excluding carboxylic acids is 1. The Morgan fingerprint density at radius 3 is 2.65 bits per heavy atom. The Labute approximate surface area is 189 Å². The topological polar surface area (TPSA) is 94.2 Å². The third kappa shape index (κ3) is 4.26. The molecule has 9 heteroatoms. The van der Waals surface area contributed by atoms with Crippen LogP contribution in [0.15, 0.2) is 29.1 Å². The highest BCUT2D eigenvalue weighted by atomic mass is 35.5. The third-order valence-corrected chi connectivity index (χ3v) is 6.00. The molecule has 0 aliphatic carbocycles. The van der Waals surface area contributed by atoms with Crippen molar-refractivity contribution in [3.8, 4) is 0 Å². The number of aromatic nitrogens is 3. The third-order valence-electron chi connectivity index (χ3n) is 5.57. The minimum absolute atomic E-state index is 0.0738. The summed E-state index contributed by atoms with van der Waals surface area (Å²) in [4.78, 5) is 39.9. The lowest BCUT2D eigenvalue weighted by atomic mass is 10.1. The van der Waals surface area contributed by atoms with Gasteiger partial charge in [0.25, 0.3) is 11.5 Å². The maximum absolute atomic E-state index is 12.1. The van der Waals surface area contributed by atoms with E-state index in [0.717, 1.165) is 37.4 Å². The molecular weight excluding hydrogens is 416 g/mol. The second-order valence-corrected chi connectivity index (χ2v) is 7.98. The van der Waals surface area contributed by atoms with Crippen molar-refractivity contribution in [3.05, 3.63) is 62.3 Å². The zero-order valence-electron chi connectivity index (χ0n) is 20.3. The first kappa shape index (κ1) is 17.7. The number of halogens is 1. The lowest BCUT2D eigenvalue weighted by Crippen LogP contribution is -2.46. The number of carbonyl (C=O) groups is 1. The quantitative estimate of drug-likeness (QED) is 0.642. The van der Waals surface area contributed by atoms with Crippen molar-refractivity contribution in [2.75, 3.05) is 38.1 Å². The molecule has 4 rings (SSSR count). The van der Waals surface area contributed by atoms with Crippen LogP contribution in [-0.2, 0) is 6.54 Å². The number of hydrogen-bond donors (Lipinski definition) is 2. The second-order valence-electron chi connectivity index (χ2n) is 7.60. The Balaban J connectivity index is 1.42. The number of fused-ring (bicyclic) bond motifs is 1. The van der Waals surface area contributed by atoms with Crippen molar-refractivity contribution in [2.45, 2.75) is 20.4 Å². The second kappa shape index (κ2) is 8.64. The smallest absolute Gasteiger partial charge is 0.269 e. The van der Waals surface area contributed by atoms with E-state index in [9.17, 15) is 9.59 Å². The molecule has 1 aliphatic rings. The van der Waals surface area contributed by atoms with Gasteiger partial charge < -0.3 is 15.2 Å². The summed E-state index contributed by atoms with van der Waals surface area (Å²) in [6, 6.07) is 7.16. The highest BCUT2D eigenvalue weighted by Gasteiger charge is 2.21. The van der Waals surface area contributed by atoms with Crippen molar-refractivity contribution in [1.82, 2.24) is 25.2 Å². The van der Waals surface area contributed by atoms with Gasteiger partial charge in [0.05, 0.1) is 27.4 Å². The summed E-state index contributed by atoms with van der Waals surface area (Å²) in [7, 11) is 0. The van der Waals surface area contributed by atoms with E-state index in [-0.39, 0.29) is 11.3 Å². The predicted molar refractivity (Wildman–Crippen MR) is 122 cm³/mol. The molecule has 8 nitrogen and oxygen atoms in total. The maximum atomic E-state index is 12.1. The van der Waals surface area contributed by atoms with Crippen LogP contribution < -0.4 is 15.8 Å². The summed E-state index contributed by atoms with van der Waals surface area (Å²) in [5.74, 6) is -0.724. The number of amides is 1. The number of H-pyrrole nitrogens is 1. The van der Waals surface area contributed by atoms with E-state index in [0.29, 0.717) is 34.0 Å². The zero-order valence-corrected chi connectivity index (χ0v) is 18.1. The van der Waals surface area contributed by atoms with Gasteiger partial charge in [0.15, 0.2) is 0 Å². The van der Waals surface area contributed by atoms with Crippen molar-refractivity contribution in [2.24, 2.45) is 0 Å². The van der Waals surface area contributed by atoms with Crippen molar-refractivity contribution >= 4 is 34.2 Å². The standard InChI is InChI=1S/C22H25ClN6O2/c1-13-18(7-6-17(25-13)22(31)24-3)29-10-8-28(9-11-29)12-15-4-5-16-20(19(15)23)27-21(30)14(2)26-16/h4-7H,8-12H2,1-3H3,(H,24,31)(H,27,30)/i3D3. The van der Waals surface area contributed by atoms with Crippen LogP contribution in [0.2, 0.25) is 5.02 Å². The van der Waals surface area contributed by atoms with Crippen LogP contribution in [0.4, 0.5) is 5.69 Å². The Bertz CT molecular complexity index is 1300. The van der Waals surface area contributed by atoms with Crippen molar-refractivity contribution in [3.63, 3.8) is 0 Å². The first-order valence-corrected chi connectivity index (χ1v) is 10.3. The molecule has 0 spiro atoms. The summed E-state index contributed by atoms with van der Waals surface area (Å²) >= 11 is 6.59. The predicted octanol–water partition coefficient (Wildman–Crippen LogP) is 2.27. The van der Waals surface area contributed by atoms with Crippen molar-refractivity contribution in [1.29, 1.82) is 0 Å². The average Bonchev–Trinajstić information content (AvgIpc) is 2.77. The molecule has 0 radical (unpaired) electrons. The van der Waals surface area contributed by atoms with E-state index >= 15 is 0 Å². The van der Waals surface area contributed by atoms with Crippen LogP contribution in [0, 0.1) is 13.8 Å². The minimum Gasteiger partial charge on any atom is -0.368 e. The molecule has 2 N–H and O–H groups in total. The fraction of sp³-hybridized carbons (Fsp3) is 0.364. The summed E-state index contributed by atoms with van der Waals surface area (Å²) in [6.45, 7) is 4.65. The van der Waals surface area contributed by atoms with Gasteiger partial charge in [-0.15, -0.1) is 0 Å². The highest BCUT2D eigenvalue weighted by molar-refractivity contribution is 6.35. The van der Waals surface area contributed by atoms with Gasteiger partial charge in [0, 0.05) is 43.8 Å².